The highest BCUT2D eigenvalue weighted by atomic mass is 32.2. The lowest BCUT2D eigenvalue weighted by molar-refractivity contribution is 0.0603. The number of halogens is 1. The maximum absolute atomic E-state index is 14.7. The molecule has 4 rings (SSSR count). The lowest BCUT2D eigenvalue weighted by Gasteiger charge is -2.24. The van der Waals surface area contributed by atoms with Gasteiger partial charge in [0.1, 0.15) is 12.4 Å². The number of hydrogen-bond acceptors (Lipinski definition) is 5. The molecule has 0 saturated carbocycles. The summed E-state index contributed by atoms with van der Waals surface area (Å²) in [5.41, 5.74) is 0.289. The molecular weight excluding hydrogens is 447 g/mol. The second kappa shape index (κ2) is 8.87. The van der Waals surface area contributed by atoms with Crippen molar-refractivity contribution >= 4 is 38.5 Å². The Morgan fingerprint density at radius 2 is 1.58 bits per heavy atom. The number of carbonyl (C=O) groups excluding carboxylic acids is 2. The van der Waals surface area contributed by atoms with E-state index in [0.29, 0.717) is 10.9 Å². The molecule has 0 atom stereocenters. The fraction of sp³-hybridized carbons (Fsp3) is 0.0833. The Hall–Kier alpha value is -3.98. The van der Waals surface area contributed by atoms with E-state index in [0.717, 1.165) is 10.4 Å². The Morgan fingerprint density at radius 1 is 0.939 bits per heavy atom. The average Bonchev–Trinajstić information content (AvgIpc) is 3.23. The number of esters is 1. The van der Waals surface area contributed by atoms with E-state index in [2.05, 4.69) is 0 Å². The smallest absolute Gasteiger partial charge is 0.340 e. The number of rotatable bonds is 6. The highest BCUT2D eigenvalue weighted by Crippen LogP contribution is 2.27. The first-order valence-electron chi connectivity index (χ1n) is 9.88. The molecule has 0 radical (unpaired) electrons. The van der Waals surface area contributed by atoms with Crippen LogP contribution in [-0.2, 0) is 14.8 Å². The Bertz CT molecular complexity index is 1450. The second-order valence-electron chi connectivity index (χ2n) is 7.09. The molecule has 3 aromatic carbocycles. The number of nitrogens with zero attached hydrogens (tertiary/aromatic N) is 2. The normalized spacial score (nSPS) is 11.3. The number of anilines is 1. The summed E-state index contributed by atoms with van der Waals surface area (Å²) in [6.07, 6.45) is 1.30. The molecule has 0 aliphatic carbocycles. The van der Waals surface area contributed by atoms with Crippen molar-refractivity contribution in [3.8, 4) is 0 Å². The van der Waals surface area contributed by atoms with E-state index in [9.17, 15) is 22.4 Å². The number of ether oxygens (including phenoxy) is 1. The zero-order chi connectivity index (χ0) is 23.6. The number of fused-ring (bicyclic) bond motifs is 1. The summed E-state index contributed by atoms with van der Waals surface area (Å²) in [5, 5.41) is 0.473. The molecule has 0 bridgehead atoms. The van der Waals surface area contributed by atoms with Crippen LogP contribution in [0.2, 0.25) is 0 Å². The van der Waals surface area contributed by atoms with Crippen LogP contribution in [0, 0.1) is 5.82 Å². The van der Waals surface area contributed by atoms with Gasteiger partial charge in [-0.1, -0.05) is 48.5 Å². The van der Waals surface area contributed by atoms with Crippen molar-refractivity contribution in [2.45, 2.75) is 4.90 Å². The Labute approximate surface area is 189 Å². The van der Waals surface area contributed by atoms with Crippen LogP contribution in [-0.4, -0.2) is 38.5 Å². The quantitative estimate of drug-likeness (QED) is 0.400. The highest BCUT2D eigenvalue weighted by Gasteiger charge is 2.30. The average molecular weight is 466 g/mol. The first-order chi connectivity index (χ1) is 15.8. The minimum atomic E-state index is -4.28. The number of hydrogen-bond donors (Lipinski definition) is 0. The molecule has 9 heteroatoms. The van der Waals surface area contributed by atoms with Gasteiger partial charge >= 0.3 is 5.97 Å². The largest absolute Gasteiger partial charge is 0.465 e. The van der Waals surface area contributed by atoms with E-state index >= 15 is 0 Å². The van der Waals surface area contributed by atoms with Crippen molar-refractivity contribution in [1.82, 2.24) is 4.57 Å². The topological polar surface area (TPSA) is 85.7 Å². The fourth-order valence-corrected chi connectivity index (χ4v) is 4.97. The summed E-state index contributed by atoms with van der Waals surface area (Å²) in [6.45, 7) is -0.697. The van der Waals surface area contributed by atoms with Crippen molar-refractivity contribution in [3.05, 3.63) is 96.4 Å². The van der Waals surface area contributed by atoms with Crippen LogP contribution in [0.5, 0.6) is 0 Å². The molecule has 0 aliphatic rings. The standard InChI is InChI=1S/C24H19FN2O5S/c1-32-24(29)19-15-26(21-13-7-5-11-18(19)21)23(28)16-27(22-14-8-6-12-20(22)25)33(30,31)17-9-3-2-4-10-17/h2-15H,16H2,1H3. The van der Waals surface area contributed by atoms with Crippen LogP contribution >= 0.6 is 0 Å². The third-order valence-electron chi connectivity index (χ3n) is 5.12. The fourth-order valence-electron chi connectivity index (χ4n) is 3.53. The minimum absolute atomic E-state index is 0.0892. The molecule has 0 amide bonds. The van der Waals surface area contributed by atoms with Gasteiger partial charge in [-0.3, -0.25) is 13.7 Å². The molecule has 0 unspecified atom stereocenters. The molecule has 1 heterocycles. The summed E-state index contributed by atoms with van der Waals surface area (Å²) in [7, 11) is -3.05. The molecule has 33 heavy (non-hydrogen) atoms. The van der Waals surface area contributed by atoms with E-state index in [-0.39, 0.29) is 16.1 Å². The van der Waals surface area contributed by atoms with E-state index < -0.39 is 34.3 Å². The molecule has 4 aromatic rings. The molecule has 0 spiro atoms. The molecule has 0 N–H and O–H groups in total. The van der Waals surface area contributed by atoms with E-state index in [1.165, 1.54) is 60.3 Å². The van der Waals surface area contributed by atoms with Gasteiger partial charge in [0.15, 0.2) is 0 Å². The maximum Gasteiger partial charge on any atom is 0.340 e. The maximum atomic E-state index is 14.7. The number of benzene rings is 3. The van der Waals surface area contributed by atoms with Gasteiger partial charge in [0.2, 0.25) is 0 Å². The molecule has 1 aromatic heterocycles. The SMILES string of the molecule is COC(=O)c1cn(C(=O)CN(c2ccccc2F)S(=O)(=O)c2ccccc2)c2ccccc12. The second-order valence-corrected chi connectivity index (χ2v) is 8.95. The monoisotopic (exact) mass is 466 g/mol. The number of carbonyl (C=O) groups is 2. The third kappa shape index (κ3) is 4.10. The van der Waals surface area contributed by atoms with Crippen molar-refractivity contribution in [2.24, 2.45) is 0 Å². The van der Waals surface area contributed by atoms with E-state index in [1.807, 2.05) is 0 Å². The Kier molecular flexibility index (Phi) is 5.97. The Morgan fingerprint density at radius 3 is 2.27 bits per heavy atom. The number of aromatic nitrogens is 1. The molecule has 168 valence electrons. The highest BCUT2D eigenvalue weighted by molar-refractivity contribution is 7.92. The van der Waals surface area contributed by atoms with Crippen LogP contribution in [0.15, 0.2) is 90.0 Å². The van der Waals surface area contributed by atoms with Crippen LogP contribution in [0.25, 0.3) is 10.9 Å². The summed E-state index contributed by atoms with van der Waals surface area (Å²) in [6, 6.07) is 19.4. The minimum Gasteiger partial charge on any atom is -0.465 e. The summed E-state index contributed by atoms with van der Waals surface area (Å²) in [4.78, 5) is 25.4. The van der Waals surface area contributed by atoms with Crippen molar-refractivity contribution < 1.29 is 27.1 Å². The van der Waals surface area contributed by atoms with E-state index in [4.69, 9.17) is 4.74 Å². The predicted octanol–water partition coefficient (Wildman–Crippen LogP) is 4.10. The summed E-state index contributed by atoms with van der Waals surface area (Å²) < 4.78 is 48.2. The van der Waals surface area contributed by atoms with Gasteiger partial charge < -0.3 is 4.74 Å². The van der Waals surface area contributed by atoms with Gasteiger partial charge in [0.05, 0.1) is 28.8 Å². The lowest BCUT2D eigenvalue weighted by atomic mass is 10.2. The summed E-state index contributed by atoms with van der Waals surface area (Å²) in [5.74, 6) is -2.11. The van der Waals surface area contributed by atoms with Crippen LogP contribution in [0.1, 0.15) is 15.2 Å². The first kappa shape index (κ1) is 22.2. The van der Waals surface area contributed by atoms with Gasteiger partial charge in [-0.15, -0.1) is 0 Å². The van der Waals surface area contributed by atoms with Crippen molar-refractivity contribution in [1.29, 1.82) is 0 Å². The molecule has 0 saturated heterocycles. The van der Waals surface area contributed by atoms with Crippen molar-refractivity contribution in [2.75, 3.05) is 18.0 Å². The first-order valence-corrected chi connectivity index (χ1v) is 11.3. The van der Waals surface area contributed by atoms with E-state index in [1.54, 1.807) is 30.3 Å². The lowest BCUT2D eigenvalue weighted by Crippen LogP contribution is -2.38. The van der Waals surface area contributed by atoms with Gasteiger partial charge in [0, 0.05) is 11.6 Å². The summed E-state index contributed by atoms with van der Waals surface area (Å²) >= 11 is 0. The number of para-hydroxylation sites is 2. The van der Waals surface area contributed by atoms with Crippen molar-refractivity contribution in [3.63, 3.8) is 0 Å². The van der Waals surface area contributed by atoms with Gasteiger partial charge in [-0.25, -0.2) is 17.6 Å². The third-order valence-corrected chi connectivity index (χ3v) is 6.89. The predicted molar refractivity (Wildman–Crippen MR) is 121 cm³/mol. The zero-order valence-electron chi connectivity index (χ0n) is 17.5. The van der Waals surface area contributed by atoms with Crippen LogP contribution < -0.4 is 4.31 Å². The molecular formula is C24H19FN2O5S. The van der Waals surface area contributed by atoms with Gasteiger partial charge in [-0.05, 0) is 30.3 Å². The van der Waals surface area contributed by atoms with Crippen LogP contribution in [0.3, 0.4) is 0 Å². The molecule has 0 aliphatic heterocycles. The molecule has 7 nitrogen and oxygen atoms in total. The van der Waals surface area contributed by atoms with Gasteiger partial charge in [0.25, 0.3) is 15.9 Å². The van der Waals surface area contributed by atoms with Gasteiger partial charge in [-0.2, -0.15) is 0 Å². The number of methoxy groups -OCH3 is 1. The zero-order valence-corrected chi connectivity index (χ0v) is 18.3. The Balaban J connectivity index is 1.82. The molecule has 0 fully saturated rings. The number of sulfonamides is 1. The van der Waals surface area contributed by atoms with Crippen LogP contribution in [0.4, 0.5) is 10.1 Å².